The van der Waals surface area contributed by atoms with Crippen molar-refractivity contribution in [3.8, 4) is 0 Å². The lowest BCUT2D eigenvalue weighted by molar-refractivity contribution is 0.734. The number of hydrogen-bond donors (Lipinski definition) is 1. The maximum atomic E-state index is 5.57. The van der Waals surface area contributed by atoms with Crippen LogP contribution in [0.5, 0.6) is 0 Å². The number of unbranched alkanes of at least 4 members (excludes halogenated alkanes) is 1. The highest BCUT2D eigenvalue weighted by molar-refractivity contribution is 5.45. The second kappa shape index (κ2) is 18.2. The van der Waals surface area contributed by atoms with E-state index >= 15 is 0 Å². The number of aryl methyl sites for hydroxylation is 1. The molecule has 1 heteroatoms. The molecule has 3 aromatic rings. The molecular weight excluding hydrogens is 362 g/mol. The van der Waals surface area contributed by atoms with Crippen molar-refractivity contribution in [1.82, 2.24) is 0 Å². The molecule has 0 aliphatic rings. The smallest absolute Gasteiger partial charge is 0.0314 e. The summed E-state index contributed by atoms with van der Waals surface area (Å²) in [6, 6.07) is 28.4. The van der Waals surface area contributed by atoms with Crippen LogP contribution in [0, 0.1) is 6.92 Å². The monoisotopic (exact) mass is 403 g/mol. The highest BCUT2D eigenvalue weighted by atomic mass is 14.5. The van der Waals surface area contributed by atoms with Gasteiger partial charge in [-0.1, -0.05) is 132 Å². The van der Waals surface area contributed by atoms with Gasteiger partial charge >= 0.3 is 0 Å². The van der Waals surface area contributed by atoms with E-state index in [9.17, 15) is 0 Å². The van der Waals surface area contributed by atoms with Crippen LogP contribution in [0.2, 0.25) is 0 Å². The Morgan fingerprint density at radius 3 is 1.53 bits per heavy atom. The van der Waals surface area contributed by atoms with E-state index in [1.807, 2.05) is 66.7 Å². The first-order chi connectivity index (χ1) is 14.5. The van der Waals surface area contributed by atoms with Gasteiger partial charge in [-0.05, 0) is 42.5 Å². The Hall–Kier alpha value is -2.80. The first-order valence-electron chi connectivity index (χ1n) is 11.0. The average molecular weight is 404 g/mol. The summed E-state index contributed by atoms with van der Waals surface area (Å²) in [7, 11) is 0. The van der Waals surface area contributed by atoms with Gasteiger partial charge in [0.25, 0.3) is 0 Å². The summed E-state index contributed by atoms with van der Waals surface area (Å²) in [4.78, 5) is 0. The maximum absolute atomic E-state index is 5.57. The minimum Gasteiger partial charge on any atom is -0.399 e. The fourth-order valence-electron chi connectivity index (χ4n) is 2.18. The molecule has 2 N–H and O–H groups in total. The standard InChI is InChI=1S/C10H15N.C8H8.C7H8.C4H10/c1-3-8(2)9-4-6-10(11)7-5-9;1-2-8-6-4-3-5-7-8;1-7-5-3-2-4-6-7;1-3-4-2/h4-8H,3,11H2,1-2H3;2-7H,1H2;2-6H,1H3;3-4H2,1-2H3. The molecule has 0 saturated carbocycles. The lowest BCUT2D eigenvalue weighted by Crippen LogP contribution is -1.91. The summed E-state index contributed by atoms with van der Waals surface area (Å²) in [5.41, 5.74) is 10.3. The van der Waals surface area contributed by atoms with Gasteiger partial charge in [0.05, 0.1) is 0 Å². The molecule has 1 nitrogen and oxygen atoms in total. The van der Waals surface area contributed by atoms with E-state index in [4.69, 9.17) is 5.73 Å². The molecule has 1 unspecified atom stereocenters. The Morgan fingerprint density at radius 2 is 1.23 bits per heavy atom. The molecule has 3 aromatic carbocycles. The SMILES string of the molecule is C=Cc1ccccc1.CCC(C)c1ccc(N)cc1.CCCC.Cc1ccccc1. The van der Waals surface area contributed by atoms with Gasteiger partial charge in [-0.2, -0.15) is 0 Å². The van der Waals surface area contributed by atoms with Gasteiger partial charge in [0.2, 0.25) is 0 Å². The zero-order chi connectivity index (χ0) is 22.6. The minimum atomic E-state index is 0.649. The predicted octanol–water partition coefficient (Wildman–Crippen LogP) is 8.91. The highest BCUT2D eigenvalue weighted by Gasteiger charge is 2.00. The van der Waals surface area contributed by atoms with Gasteiger partial charge in [0.15, 0.2) is 0 Å². The van der Waals surface area contributed by atoms with Crippen LogP contribution in [0.1, 0.15) is 69.6 Å². The van der Waals surface area contributed by atoms with Crippen molar-refractivity contribution in [2.45, 2.75) is 59.8 Å². The summed E-state index contributed by atoms with van der Waals surface area (Å²) in [6.07, 6.45) is 5.66. The summed E-state index contributed by atoms with van der Waals surface area (Å²) in [5.74, 6) is 0.649. The number of rotatable bonds is 4. The number of nitrogen functional groups attached to an aromatic ring is 1. The van der Waals surface area contributed by atoms with E-state index in [-0.39, 0.29) is 0 Å². The quantitative estimate of drug-likeness (QED) is 0.432. The van der Waals surface area contributed by atoms with E-state index in [2.05, 4.69) is 65.5 Å². The van der Waals surface area contributed by atoms with Crippen molar-refractivity contribution in [3.63, 3.8) is 0 Å². The van der Waals surface area contributed by atoms with Gasteiger partial charge < -0.3 is 5.73 Å². The zero-order valence-electron chi connectivity index (χ0n) is 19.6. The van der Waals surface area contributed by atoms with Crippen molar-refractivity contribution in [3.05, 3.63) is 108 Å². The minimum absolute atomic E-state index is 0.649. The number of anilines is 1. The molecule has 0 radical (unpaired) electrons. The number of benzene rings is 3. The largest absolute Gasteiger partial charge is 0.399 e. The second-order valence-electron chi connectivity index (χ2n) is 7.25. The summed E-state index contributed by atoms with van der Waals surface area (Å²) in [6.45, 7) is 14.5. The molecule has 0 heterocycles. The topological polar surface area (TPSA) is 26.0 Å². The number of nitrogens with two attached hydrogens (primary N) is 1. The normalized spacial score (nSPS) is 10.0. The fraction of sp³-hybridized carbons (Fsp3) is 0.310. The summed E-state index contributed by atoms with van der Waals surface area (Å²) >= 11 is 0. The van der Waals surface area contributed by atoms with Crippen LogP contribution in [-0.4, -0.2) is 0 Å². The molecule has 0 bridgehead atoms. The Morgan fingerprint density at radius 1 is 0.767 bits per heavy atom. The van der Waals surface area contributed by atoms with E-state index in [0.717, 1.165) is 5.69 Å². The van der Waals surface area contributed by atoms with Crippen LogP contribution >= 0.6 is 0 Å². The van der Waals surface area contributed by atoms with Gasteiger partial charge in [-0.25, -0.2) is 0 Å². The average Bonchev–Trinajstić information content (AvgIpc) is 2.81. The van der Waals surface area contributed by atoms with E-state index < -0.39 is 0 Å². The molecule has 30 heavy (non-hydrogen) atoms. The molecule has 3 rings (SSSR count). The molecule has 0 saturated heterocycles. The Kier molecular flexibility index (Phi) is 16.5. The van der Waals surface area contributed by atoms with Crippen molar-refractivity contribution in [2.75, 3.05) is 5.73 Å². The molecule has 0 aromatic heterocycles. The lowest BCUT2D eigenvalue weighted by atomic mass is 9.99. The Labute approximate surface area is 185 Å². The predicted molar refractivity (Wildman–Crippen MR) is 138 cm³/mol. The first kappa shape index (κ1) is 27.2. The van der Waals surface area contributed by atoms with Gasteiger partial charge in [0.1, 0.15) is 0 Å². The molecule has 0 amide bonds. The lowest BCUT2D eigenvalue weighted by Gasteiger charge is -2.07. The van der Waals surface area contributed by atoms with E-state index in [0.29, 0.717) is 5.92 Å². The molecule has 0 spiro atoms. The van der Waals surface area contributed by atoms with Crippen LogP contribution in [-0.2, 0) is 0 Å². The summed E-state index contributed by atoms with van der Waals surface area (Å²) < 4.78 is 0. The van der Waals surface area contributed by atoms with Crippen molar-refractivity contribution < 1.29 is 0 Å². The number of hydrogen-bond acceptors (Lipinski definition) is 1. The molecule has 162 valence electrons. The molecular formula is C29H41N. The first-order valence-corrected chi connectivity index (χ1v) is 11.0. The molecule has 0 fully saturated rings. The molecule has 1 atom stereocenters. The third-order valence-electron chi connectivity index (χ3n) is 4.59. The third kappa shape index (κ3) is 14.2. The summed E-state index contributed by atoms with van der Waals surface area (Å²) in [5, 5.41) is 0. The van der Waals surface area contributed by atoms with Crippen molar-refractivity contribution >= 4 is 11.8 Å². The van der Waals surface area contributed by atoms with Crippen molar-refractivity contribution in [1.29, 1.82) is 0 Å². The highest BCUT2D eigenvalue weighted by Crippen LogP contribution is 2.18. The fourth-order valence-corrected chi connectivity index (χ4v) is 2.18. The third-order valence-corrected chi connectivity index (χ3v) is 4.59. The van der Waals surface area contributed by atoms with Crippen LogP contribution in [0.3, 0.4) is 0 Å². The van der Waals surface area contributed by atoms with E-state index in [1.54, 1.807) is 0 Å². The van der Waals surface area contributed by atoms with Crippen molar-refractivity contribution in [2.24, 2.45) is 0 Å². The van der Waals surface area contributed by atoms with Gasteiger partial charge in [-0.15, -0.1) is 0 Å². The zero-order valence-corrected chi connectivity index (χ0v) is 19.6. The molecule has 0 aliphatic carbocycles. The second-order valence-corrected chi connectivity index (χ2v) is 7.25. The Balaban J connectivity index is 0.000000395. The Bertz CT molecular complexity index is 743. The van der Waals surface area contributed by atoms with Gasteiger partial charge in [-0.3, -0.25) is 0 Å². The van der Waals surface area contributed by atoms with Crippen LogP contribution < -0.4 is 5.73 Å². The van der Waals surface area contributed by atoms with Crippen LogP contribution in [0.15, 0.2) is 91.5 Å². The maximum Gasteiger partial charge on any atom is 0.0314 e. The van der Waals surface area contributed by atoms with E-state index in [1.165, 1.54) is 36.0 Å². The van der Waals surface area contributed by atoms with Crippen LogP contribution in [0.4, 0.5) is 5.69 Å². The van der Waals surface area contributed by atoms with Crippen LogP contribution in [0.25, 0.3) is 6.08 Å². The molecule has 0 aliphatic heterocycles. The van der Waals surface area contributed by atoms with Gasteiger partial charge in [0, 0.05) is 5.69 Å².